The molecule has 244 valence electrons. The SMILES string of the molecule is C#CC.C=C(C)C.C=C(C)C(=O)NCC(CC)CN(C)C(C)c1ccc(OC)c(C)c1C.C=CC.C=CC.CC.CC. The third-order valence-electron chi connectivity index (χ3n) is 5.17. The van der Waals surface area contributed by atoms with Crippen LogP contribution < -0.4 is 10.1 Å². The number of benzene rings is 1. The van der Waals surface area contributed by atoms with Gasteiger partial charge < -0.3 is 10.1 Å². The summed E-state index contributed by atoms with van der Waals surface area (Å²) in [5, 5.41) is 2.97. The van der Waals surface area contributed by atoms with Crippen LogP contribution in [-0.2, 0) is 4.79 Å². The number of carbonyl (C=O) groups is 1. The number of allylic oxidation sites excluding steroid dienone is 3. The van der Waals surface area contributed by atoms with E-state index in [0.717, 1.165) is 18.7 Å². The molecule has 0 aliphatic rings. The van der Waals surface area contributed by atoms with Crippen molar-refractivity contribution in [1.82, 2.24) is 10.2 Å². The number of ether oxygens (including phenoxy) is 1. The zero-order valence-electron chi connectivity index (χ0n) is 30.8. The molecule has 0 aromatic heterocycles. The first-order valence-corrected chi connectivity index (χ1v) is 15.1. The van der Waals surface area contributed by atoms with Crippen LogP contribution >= 0.6 is 0 Å². The third-order valence-corrected chi connectivity index (χ3v) is 5.17. The lowest BCUT2D eigenvalue weighted by molar-refractivity contribution is -0.117. The molecule has 0 saturated heterocycles. The van der Waals surface area contributed by atoms with E-state index in [-0.39, 0.29) is 5.91 Å². The molecule has 42 heavy (non-hydrogen) atoms. The number of nitrogens with one attached hydrogen (secondary N) is 1. The lowest BCUT2D eigenvalue weighted by atomic mass is 9.96. The second kappa shape index (κ2) is 38.0. The van der Waals surface area contributed by atoms with E-state index >= 15 is 0 Å². The van der Waals surface area contributed by atoms with Crippen LogP contribution in [0.5, 0.6) is 5.75 Å². The van der Waals surface area contributed by atoms with Crippen LogP contribution in [0.3, 0.4) is 0 Å². The fraction of sp³-hybridized carbons (Fsp3) is 0.553. The van der Waals surface area contributed by atoms with E-state index in [1.165, 1.54) is 22.3 Å². The van der Waals surface area contributed by atoms with E-state index in [9.17, 15) is 4.79 Å². The van der Waals surface area contributed by atoms with Gasteiger partial charge in [-0.2, -0.15) is 0 Å². The molecule has 2 unspecified atom stereocenters. The van der Waals surface area contributed by atoms with Gasteiger partial charge in [0.15, 0.2) is 0 Å². The van der Waals surface area contributed by atoms with Gasteiger partial charge in [0.2, 0.25) is 5.91 Å². The van der Waals surface area contributed by atoms with Crippen molar-refractivity contribution in [3.63, 3.8) is 0 Å². The highest BCUT2D eigenvalue weighted by molar-refractivity contribution is 5.92. The maximum absolute atomic E-state index is 11.7. The Kier molecular flexibility index (Phi) is 46.7. The van der Waals surface area contributed by atoms with E-state index in [4.69, 9.17) is 4.74 Å². The summed E-state index contributed by atoms with van der Waals surface area (Å²) < 4.78 is 5.42. The molecule has 1 amide bonds. The molecule has 4 heteroatoms. The molecule has 1 N–H and O–H groups in total. The number of carbonyl (C=O) groups excluding carboxylic acids is 1. The monoisotopic (exact) mass is 587 g/mol. The van der Waals surface area contributed by atoms with Crippen LogP contribution in [0.4, 0.5) is 0 Å². The molecule has 0 aliphatic carbocycles. The number of methoxy groups -OCH3 is 1. The molecule has 1 rings (SSSR count). The molecular weight excluding hydrogens is 516 g/mol. The molecule has 1 aromatic carbocycles. The van der Waals surface area contributed by atoms with Crippen LogP contribution in [0, 0.1) is 32.1 Å². The van der Waals surface area contributed by atoms with Crippen molar-refractivity contribution in [3.8, 4) is 18.1 Å². The zero-order valence-corrected chi connectivity index (χ0v) is 30.8. The molecule has 0 radical (unpaired) electrons. The van der Waals surface area contributed by atoms with Gasteiger partial charge in [-0.05, 0) is 98.0 Å². The number of nitrogens with zero attached hydrogens (tertiary/aromatic N) is 1. The van der Waals surface area contributed by atoms with Crippen LogP contribution in [-0.4, -0.2) is 38.1 Å². The zero-order chi connectivity index (χ0) is 34.8. The molecule has 0 bridgehead atoms. The lowest BCUT2D eigenvalue weighted by Crippen LogP contribution is -2.36. The molecule has 0 aliphatic heterocycles. The molecular formula is C38H70N2O2. The smallest absolute Gasteiger partial charge is 0.246 e. The van der Waals surface area contributed by atoms with Gasteiger partial charge in [0.1, 0.15) is 5.75 Å². The van der Waals surface area contributed by atoms with Gasteiger partial charge in [0.25, 0.3) is 0 Å². The number of amides is 1. The lowest BCUT2D eigenvalue weighted by Gasteiger charge is -2.30. The largest absolute Gasteiger partial charge is 0.496 e. The minimum Gasteiger partial charge on any atom is -0.496 e. The molecule has 0 heterocycles. The normalized spacial score (nSPS) is 9.71. The van der Waals surface area contributed by atoms with Crippen molar-refractivity contribution in [2.75, 3.05) is 27.2 Å². The maximum atomic E-state index is 11.7. The summed E-state index contributed by atoms with van der Waals surface area (Å²) in [6.45, 7) is 43.3. The maximum Gasteiger partial charge on any atom is 0.246 e. The average Bonchev–Trinajstić information content (AvgIpc) is 2.95. The fourth-order valence-electron chi connectivity index (χ4n) is 3.02. The first kappa shape index (κ1) is 51.7. The Labute approximate surface area is 264 Å². The van der Waals surface area contributed by atoms with E-state index in [0.29, 0.717) is 24.1 Å². The van der Waals surface area contributed by atoms with Crippen molar-refractivity contribution < 1.29 is 9.53 Å². The van der Waals surface area contributed by atoms with E-state index in [2.05, 4.69) is 89.7 Å². The quantitative estimate of drug-likeness (QED) is 0.178. The number of terminal acetylenes is 1. The summed E-state index contributed by atoms with van der Waals surface area (Å²) in [6.07, 6.45) is 9.12. The Hall–Kier alpha value is -3.03. The predicted molar refractivity (Wildman–Crippen MR) is 195 cm³/mol. The Bertz CT molecular complexity index is 853. The molecule has 4 nitrogen and oxygen atoms in total. The van der Waals surface area contributed by atoms with Crippen LogP contribution in [0.15, 0.2) is 61.7 Å². The fourth-order valence-corrected chi connectivity index (χ4v) is 3.02. The van der Waals surface area contributed by atoms with Gasteiger partial charge in [0, 0.05) is 24.7 Å². The number of rotatable bonds is 9. The third kappa shape index (κ3) is 31.5. The van der Waals surface area contributed by atoms with Crippen molar-refractivity contribution in [2.45, 2.75) is 109 Å². The topological polar surface area (TPSA) is 41.6 Å². The summed E-state index contributed by atoms with van der Waals surface area (Å²) >= 11 is 0. The van der Waals surface area contributed by atoms with Gasteiger partial charge in [-0.1, -0.05) is 71.4 Å². The summed E-state index contributed by atoms with van der Waals surface area (Å²) in [6, 6.07) is 4.51. The van der Waals surface area contributed by atoms with Gasteiger partial charge in [-0.3, -0.25) is 9.69 Å². The Morgan fingerprint density at radius 2 is 1.43 bits per heavy atom. The highest BCUT2D eigenvalue weighted by atomic mass is 16.5. The summed E-state index contributed by atoms with van der Waals surface area (Å²) in [4.78, 5) is 14.1. The Balaban J connectivity index is -0.000000158. The predicted octanol–water partition coefficient (Wildman–Crippen LogP) is 10.7. The van der Waals surface area contributed by atoms with E-state index in [1.54, 1.807) is 33.1 Å². The van der Waals surface area contributed by atoms with E-state index in [1.807, 2.05) is 61.5 Å². The summed E-state index contributed by atoms with van der Waals surface area (Å²) in [7, 11) is 3.86. The summed E-state index contributed by atoms with van der Waals surface area (Å²) in [5.74, 6) is 3.54. The van der Waals surface area contributed by atoms with Crippen molar-refractivity contribution in [1.29, 1.82) is 0 Å². The first-order chi connectivity index (χ1) is 19.7. The molecule has 0 saturated carbocycles. The number of hydrogen-bond acceptors (Lipinski definition) is 3. The molecule has 0 fully saturated rings. The molecule has 0 spiro atoms. The minimum absolute atomic E-state index is 0.0595. The van der Waals surface area contributed by atoms with E-state index < -0.39 is 0 Å². The molecule has 1 aromatic rings. The minimum atomic E-state index is -0.0595. The highest BCUT2D eigenvalue weighted by Gasteiger charge is 2.19. The second-order valence-electron chi connectivity index (χ2n) is 9.30. The van der Waals surface area contributed by atoms with Gasteiger partial charge in [0.05, 0.1) is 7.11 Å². The standard InChI is InChI=1S/C21H34N2O2.C4H8.2C3H6.C3H4.2C2H6/c1-9-18(12-22-21(24)14(2)3)13-23(7)17(6)19-10-11-20(25-8)16(5)15(19)4;1-4(2)3;3*1-3-2;2*1-2/h10-11,17-18H,2,9,12-13H2,1,3-8H3,(H,22,24);1H2,2-3H3;2*3H,1H2,2H3;1H,2H3;2*1-2H3. The summed E-state index contributed by atoms with van der Waals surface area (Å²) in [5.41, 5.74) is 5.52. The number of hydrogen-bond donors (Lipinski definition) is 1. The average molecular weight is 587 g/mol. The van der Waals surface area contributed by atoms with Crippen molar-refractivity contribution in [2.24, 2.45) is 5.92 Å². The van der Waals surface area contributed by atoms with Crippen LogP contribution in [0.2, 0.25) is 0 Å². The second-order valence-corrected chi connectivity index (χ2v) is 9.30. The first-order valence-electron chi connectivity index (χ1n) is 15.1. The van der Waals surface area contributed by atoms with Gasteiger partial charge in [-0.25, -0.2) is 0 Å². The highest BCUT2D eigenvalue weighted by Crippen LogP contribution is 2.30. The van der Waals surface area contributed by atoms with Gasteiger partial charge in [-0.15, -0.1) is 32.1 Å². The molecule has 2 atom stereocenters. The van der Waals surface area contributed by atoms with Crippen molar-refractivity contribution >= 4 is 5.91 Å². The Morgan fingerprint density at radius 3 is 1.74 bits per heavy atom. The van der Waals surface area contributed by atoms with Crippen LogP contribution in [0.25, 0.3) is 0 Å². The van der Waals surface area contributed by atoms with Crippen molar-refractivity contribution in [3.05, 3.63) is 78.4 Å². The Morgan fingerprint density at radius 1 is 1.05 bits per heavy atom. The van der Waals surface area contributed by atoms with Gasteiger partial charge >= 0.3 is 0 Å². The van der Waals surface area contributed by atoms with Crippen LogP contribution in [0.1, 0.15) is 112 Å².